The molecule has 0 N–H and O–H groups in total. The predicted octanol–water partition coefficient (Wildman–Crippen LogP) is 4.37. The number of benzene rings is 2. The zero-order chi connectivity index (χ0) is 22.1. The van der Waals surface area contributed by atoms with Crippen molar-refractivity contribution in [2.45, 2.75) is 57.5 Å². The first kappa shape index (κ1) is 21.2. The molecule has 0 radical (unpaired) electrons. The van der Waals surface area contributed by atoms with E-state index >= 15 is 0 Å². The highest BCUT2D eigenvalue weighted by Crippen LogP contribution is 2.31. The third kappa shape index (κ3) is 3.95. The van der Waals surface area contributed by atoms with Crippen molar-refractivity contribution in [3.8, 4) is 0 Å². The van der Waals surface area contributed by atoms with Gasteiger partial charge >= 0.3 is 0 Å². The van der Waals surface area contributed by atoms with Gasteiger partial charge in [0.2, 0.25) is 0 Å². The van der Waals surface area contributed by atoms with E-state index in [1.54, 1.807) is 4.90 Å². The molecule has 2 heterocycles. The van der Waals surface area contributed by atoms with Crippen LogP contribution in [-0.4, -0.2) is 59.9 Å². The number of anilines is 1. The third-order valence-electron chi connectivity index (χ3n) is 7.57. The van der Waals surface area contributed by atoms with Crippen LogP contribution in [0.25, 0.3) is 0 Å². The summed E-state index contributed by atoms with van der Waals surface area (Å²) in [6.07, 6.45) is 7.29. The molecule has 2 aliphatic heterocycles. The fraction of sp³-hybridized carbons (Fsp3) is 0.481. The van der Waals surface area contributed by atoms with Gasteiger partial charge in [-0.05, 0) is 68.5 Å². The summed E-state index contributed by atoms with van der Waals surface area (Å²) in [5.41, 5.74) is 3.42. The first-order valence-corrected chi connectivity index (χ1v) is 12.2. The topological polar surface area (TPSA) is 43.9 Å². The van der Waals surface area contributed by atoms with Crippen LogP contribution in [0.15, 0.2) is 48.5 Å². The van der Waals surface area contributed by atoms with Crippen LogP contribution in [0.2, 0.25) is 0 Å². The molecule has 0 spiro atoms. The van der Waals surface area contributed by atoms with E-state index in [0.717, 1.165) is 55.3 Å². The number of amides is 2. The summed E-state index contributed by atoms with van der Waals surface area (Å²) in [5.74, 6) is 0.156. The number of carbonyl (C=O) groups is 2. The molecule has 2 amide bonds. The Hall–Kier alpha value is -2.66. The minimum Gasteiger partial charge on any atom is -0.334 e. The summed E-state index contributed by atoms with van der Waals surface area (Å²) in [4.78, 5) is 32.9. The molecule has 1 atom stereocenters. The second-order valence-electron chi connectivity index (χ2n) is 9.38. The van der Waals surface area contributed by atoms with Crippen LogP contribution in [0.3, 0.4) is 0 Å². The van der Waals surface area contributed by atoms with Crippen molar-refractivity contribution in [2.75, 3.05) is 31.1 Å². The number of fused-ring (bicyclic) bond motifs is 1. The first-order chi connectivity index (χ1) is 15.7. The van der Waals surface area contributed by atoms with Gasteiger partial charge in [0.1, 0.15) is 0 Å². The van der Waals surface area contributed by atoms with E-state index in [2.05, 4.69) is 9.80 Å². The van der Waals surface area contributed by atoms with Crippen LogP contribution in [0.5, 0.6) is 0 Å². The van der Waals surface area contributed by atoms with Crippen molar-refractivity contribution < 1.29 is 9.59 Å². The first-order valence-electron chi connectivity index (χ1n) is 12.2. The maximum absolute atomic E-state index is 13.4. The van der Waals surface area contributed by atoms with Crippen molar-refractivity contribution in [2.24, 2.45) is 0 Å². The van der Waals surface area contributed by atoms with Gasteiger partial charge in [-0.2, -0.15) is 0 Å². The maximum atomic E-state index is 13.4. The van der Waals surface area contributed by atoms with E-state index in [-0.39, 0.29) is 11.8 Å². The zero-order valence-corrected chi connectivity index (χ0v) is 19.0. The van der Waals surface area contributed by atoms with Gasteiger partial charge in [0.25, 0.3) is 11.8 Å². The summed E-state index contributed by atoms with van der Waals surface area (Å²) in [7, 11) is 0. The molecule has 5 heteroatoms. The number of carbonyl (C=O) groups excluding carboxylic acids is 2. The quantitative estimate of drug-likeness (QED) is 0.706. The lowest BCUT2D eigenvalue weighted by molar-refractivity contribution is 0.0658. The Balaban J connectivity index is 1.31. The molecule has 168 valence electrons. The van der Waals surface area contributed by atoms with Gasteiger partial charge in [-0.15, -0.1) is 0 Å². The molecule has 2 aromatic rings. The second kappa shape index (κ2) is 9.07. The summed E-state index contributed by atoms with van der Waals surface area (Å²) in [5, 5.41) is 0. The molecule has 32 heavy (non-hydrogen) atoms. The second-order valence-corrected chi connectivity index (χ2v) is 9.38. The fourth-order valence-corrected chi connectivity index (χ4v) is 5.81. The molecule has 2 fully saturated rings. The van der Waals surface area contributed by atoms with Crippen LogP contribution < -0.4 is 4.90 Å². The molecule has 1 saturated heterocycles. The van der Waals surface area contributed by atoms with Gasteiger partial charge in [0, 0.05) is 55.1 Å². The Morgan fingerprint density at radius 1 is 1.00 bits per heavy atom. The summed E-state index contributed by atoms with van der Waals surface area (Å²) in [6.45, 7) is 5.50. The molecule has 0 unspecified atom stereocenters. The Kier molecular flexibility index (Phi) is 6.01. The number of rotatable bonds is 5. The average Bonchev–Trinajstić information content (AvgIpc) is 3.53. The van der Waals surface area contributed by atoms with Crippen molar-refractivity contribution in [3.05, 3.63) is 65.2 Å². The third-order valence-corrected chi connectivity index (χ3v) is 7.57. The van der Waals surface area contributed by atoms with Gasteiger partial charge in [-0.1, -0.05) is 31.0 Å². The minimum absolute atomic E-state index is 0.00484. The Morgan fingerprint density at radius 3 is 2.53 bits per heavy atom. The predicted molar refractivity (Wildman–Crippen MR) is 127 cm³/mol. The molecule has 1 aliphatic carbocycles. The van der Waals surface area contributed by atoms with Gasteiger partial charge in [0.15, 0.2) is 0 Å². The SMILES string of the molecule is CCN(C(=O)c1ccccc1)c1ccc2c(c1)CCN([C@@H]1CCN(C3CCCC3)C1)C2=O. The van der Waals surface area contributed by atoms with E-state index < -0.39 is 0 Å². The molecular weight excluding hydrogens is 398 g/mol. The smallest absolute Gasteiger partial charge is 0.258 e. The van der Waals surface area contributed by atoms with Crippen molar-refractivity contribution in [1.82, 2.24) is 9.80 Å². The number of nitrogens with zero attached hydrogens (tertiary/aromatic N) is 3. The highest BCUT2D eigenvalue weighted by Gasteiger charge is 2.37. The normalized spacial score (nSPS) is 21.7. The maximum Gasteiger partial charge on any atom is 0.258 e. The van der Waals surface area contributed by atoms with Gasteiger partial charge in [-0.25, -0.2) is 0 Å². The van der Waals surface area contributed by atoms with Crippen LogP contribution >= 0.6 is 0 Å². The standard InChI is InChI=1S/C27H33N3O2/c1-2-29(26(31)20-8-4-3-5-9-20)23-12-13-25-21(18-23)14-17-30(27(25)32)24-15-16-28(19-24)22-10-6-7-11-22/h3-5,8-9,12-13,18,22,24H,2,6-7,10-11,14-17,19H2,1H3/t24-/m1/s1. The van der Waals surface area contributed by atoms with Crippen LogP contribution in [0, 0.1) is 0 Å². The lowest BCUT2D eigenvalue weighted by Crippen LogP contribution is -2.46. The van der Waals surface area contributed by atoms with E-state index in [1.807, 2.05) is 55.5 Å². The lowest BCUT2D eigenvalue weighted by atomic mass is 9.96. The largest absolute Gasteiger partial charge is 0.334 e. The van der Waals surface area contributed by atoms with Crippen molar-refractivity contribution in [3.63, 3.8) is 0 Å². The average molecular weight is 432 g/mol. The number of hydrogen-bond donors (Lipinski definition) is 0. The Bertz CT molecular complexity index is 984. The monoisotopic (exact) mass is 431 g/mol. The number of likely N-dealkylation sites (tertiary alicyclic amines) is 1. The van der Waals surface area contributed by atoms with Gasteiger partial charge in [0.05, 0.1) is 0 Å². The van der Waals surface area contributed by atoms with Crippen molar-refractivity contribution >= 4 is 17.5 Å². The van der Waals surface area contributed by atoms with Crippen LogP contribution in [0.1, 0.15) is 65.3 Å². The van der Waals surface area contributed by atoms with E-state index in [1.165, 1.54) is 25.7 Å². The molecule has 5 rings (SSSR count). The van der Waals surface area contributed by atoms with Crippen molar-refractivity contribution in [1.29, 1.82) is 0 Å². The molecule has 5 nitrogen and oxygen atoms in total. The number of hydrogen-bond acceptors (Lipinski definition) is 3. The molecular formula is C27H33N3O2. The summed E-state index contributed by atoms with van der Waals surface area (Å²) in [6, 6.07) is 16.4. The Labute approximate surface area is 191 Å². The Morgan fingerprint density at radius 2 is 1.78 bits per heavy atom. The summed E-state index contributed by atoms with van der Waals surface area (Å²) < 4.78 is 0. The highest BCUT2D eigenvalue weighted by molar-refractivity contribution is 6.06. The molecule has 2 aromatic carbocycles. The molecule has 0 bridgehead atoms. The minimum atomic E-state index is -0.00484. The molecule has 0 aromatic heterocycles. The highest BCUT2D eigenvalue weighted by atomic mass is 16.2. The van der Waals surface area contributed by atoms with Gasteiger partial charge in [-0.3, -0.25) is 14.5 Å². The van der Waals surface area contributed by atoms with E-state index in [0.29, 0.717) is 18.2 Å². The van der Waals surface area contributed by atoms with E-state index in [4.69, 9.17) is 0 Å². The summed E-state index contributed by atoms with van der Waals surface area (Å²) >= 11 is 0. The molecule has 3 aliphatic rings. The van der Waals surface area contributed by atoms with E-state index in [9.17, 15) is 9.59 Å². The van der Waals surface area contributed by atoms with Crippen LogP contribution in [-0.2, 0) is 6.42 Å². The lowest BCUT2D eigenvalue weighted by Gasteiger charge is -2.35. The molecule has 1 saturated carbocycles. The van der Waals surface area contributed by atoms with Crippen LogP contribution in [0.4, 0.5) is 5.69 Å². The van der Waals surface area contributed by atoms with Gasteiger partial charge < -0.3 is 9.80 Å². The zero-order valence-electron chi connectivity index (χ0n) is 19.0. The fourth-order valence-electron chi connectivity index (χ4n) is 5.81.